The molecule has 0 aromatic rings. The molecule has 1 amide bonds. The van der Waals surface area contributed by atoms with Crippen molar-refractivity contribution in [1.29, 1.82) is 0 Å². The number of hydrogen-bond donors (Lipinski definition) is 2. The lowest BCUT2D eigenvalue weighted by atomic mass is 10.1. The maximum absolute atomic E-state index is 10.8. The van der Waals surface area contributed by atoms with Crippen LogP contribution < -0.4 is 5.73 Å². The molecule has 0 aromatic carbocycles. The monoisotopic (exact) mass is 207 g/mol. The first-order valence-corrected chi connectivity index (χ1v) is 5.27. The fourth-order valence-corrected chi connectivity index (χ4v) is 2.07. The van der Waals surface area contributed by atoms with E-state index in [4.69, 9.17) is 10.3 Å². The maximum Gasteiger partial charge on any atom is 0.272 e. The minimum atomic E-state index is -4.24. The number of rotatable bonds is 4. The minimum Gasteiger partial charge on any atom is -0.366 e. The zero-order chi connectivity index (χ0) is 10.6. The van der Waals surface area contributed by atoms with Crippen LogP contribution in [-0.2, 0) is 14.9 Å². The molecule has 0 saturated carbocycles. The van der Waals surface area contributed by atoms with Crippen LogP contribution in [0.25, 0.3) is 0 Å². The highest BCUT2D eigenvalue weighted by molar-refractivity contribution is 7.86. The third-order valence-corrected chi connectivity index (χ3v) is 2.98. The molecular formula is C7H13NO4S. The van der Waals surface area contributed by atoms with Crippen molar-refractivity contribution in [3.63, 3.8) is 0 Å². The highest BCUT2D eigenvalue weighted by Crippen LogP contribution is 2.14. The first-order chi connectivity index (χ1) is 5.84. The Morgan fingerprint density at radius 2 is 2.08 bits per heavy atom. The summed E-state index contributed by atoms with van der Waals surface area (Å²) in [6.07, 6.45) is 1.41. The van der Waals surface area contributed by atoms with Crippen molar-refractivity contribution in [3.8, 4) is 0 Å². The fraction of sp³-hybridized carbons (Fsp3) is 0.571. The molecule has 76 valence electrons. The smallest absolute Gasteiger partial charge is 0.272 e. The lowest BCUT2D eigenvalue weighted by molar-refractivity contribution is -0.114. The molecule has 0 aromatic heterocycles. The van der Waals surface area contributed by atoms with Crippen molar-refractivity contribution in [1.82, 2.24) is 0 Å². The molecule has 6 heteroatoms. The highest BCUT2D eigenvalue weighted by Gasteiger charge is 2.27. The lowest BCUT2D eigenvalue weighted by Gasteiger charge is -2.12. The third kappa shape index (κ3) is 3.16. The second-order valence-corrected chi connectivity index (χ2v) is 4.12. The average Bonchev–Trinajstić information content (AvgIpc) is 1.96. The van der Waals surface area contributed by atoms with Crippen LogP contribution in [0.5, 0.6) is 0 Å². The molecule has 0 saturated heterocycles. The molecule has 0 radical (unpaired) electrons. The normalized spacial score (nSPS) is 15.5. The summed E-state index contributed by atoms with van der Waals surface area (Å²) < 4.78 is 30.3. The molecular weight excluding hydrogens is 194 g/mol. The molecule has 0 heterocycles. The van der Waals surface area contributed by atoms with E-state index in [2.05, 4.69) is 0 Å². The van der Waals surface area contributed by atoms with Gasteiger partial charge in [0.1, 0.15) is 5.25 Å². The third-order valence-electron chi connectivity index (χ3n) is 1.67. The Bertz CT molecular complexity index is 317. The van der Waals surface area contributed by atoms with E-state index < -0.39 is 21.3 Å². The van der Waals surface area contributed by atoms with Crippen LogP contribution in [0.15, 0.2) is 11.6 Å². The van der Waals surface area contributed by atoms with Gasteiger partial charge in [0.25, 0.3) is 10.1 Å². The Kier molecular flexibility index (Phi) is 4.09. The van der Waals surface area contributed by atoms with Crippen LogP contribution in [0.3, 0.4) is 0 Å². The van der Waals surface area contributed by atoms with Gasteiger partial charge in [-0.1, -0.05) is 13.0 Å². The minimum absolute atomic E-state index is 0.0787. The highest BCUT2D eigenvalue weighted by atomic mass is 32.2. The summed E-state index contributed by atoms with van der Waals surface area (Å²) in [5, 5.41) is -1.21. The summed E-state index contributed by atoms with van der Waals surface area (Å²) in [6.45, 7) is 3.04. The molecule has 3 N–H and O–H groups in total. The van der Waals surface area contributed by atoms with Crippen molar-refractivity contribution >= 4 is 16.0 Å². The molecule has 0 spiro atoms. The molecule has 13 heavy (non-hydrogen) atoms. The first kappa shape index (κ1) is 12.1. The molecule has 5 nitrogen and oxygen atoms in total. The van der Waals surface area contributed by atoms with Crippen LogP contribution in [0.2, 0.25) is 0 Å². The zero-order valence-corrected chi connectivity index (χ0v) is 8.34. The number of carbonyl (C=O) groups is 1. The largest absolute Gasteiger partial charge is 0.366 e. The molecule has 0 fully saturated rings. The van der Waals surface area contributed by atoms with E-state index in [0.717, 1.165) is 0 Å². The number of amides is 1. The standard InChI is InChI=1S/C7H13NO4S/c1-3-5(7(8)9)6(4-2)13(10,11)12/h3,6H,4H2,1-2H3,(H2,8,9)(H,10,11,12). The summed E-state index contributed by atoms with van der Waals surface area (Å²) >= 11 is 0. The van der Waals surface area contributed by atoms with E-state index in [-0.39, 0.29) is 12.0 Å². The van der Waals surface area contributed by atoms with Gasteiger partial charge in [0.05, 0.1) is 0 Å². The van der Waals surface area contributed by atoms with Gasteiger partial charge >= 0.3 is 0 Å². The van der Waals surface area contributed by atoms with Crippen LogP contribution in [0.4, 0.5) is 0 Å². The van der Waals surface area contributed by atoms with Crippen molar-refractivity contribution in [2.24, 2.45) is 5.73 Å². The van der Waals surface area contributed by atoms with Gasteiger partial charge in [-0.25, -0.2) is 0 Å². The van der Waals surface area contributed by atoms with Crippen LogP contribution in [0, 0.1) is 0 Å². The fourth-order valence-electron chi connectivity index (χ4n) is 1.08. The first-order valence-electron chi connectivity index (χ1n) is 3.76. The van der Waals surface area contributed by atoms with Gasteiger partial charge in [-0.15, -0.1) is 0 Å². The van der Waals surface area contributed by atoms with Crippen LogP contribution in [-0.4, -0.2) is 24.1 Å². The molecule has 1 atom stereocenters. The summed E-state index contributed by atoms with van der Waals surface area (Å²) in [5.41, 5.74) is 4.86. The second-order valence-electron chi connectivity index (χ2n) is 2.52. The number of carbonyl (C=O) groups excluding carboxylic acids is 1. The Morgan fingerprint density at radius 1 is 1.62 bits per heavy atom. The summed E-state index contributed by atoms with van der Waals surface area (Å²) in [5.74, 6) is -0.827. The van der Waals surface area contributed by atoms with Gasteiger partial charge in [0.2, 0.25) is 5.91 Å². The maximum atomic E-state index is 10.8. The van der Waals surface area contributed by atoms with E-state index in [0.29, 0.717) is 0 Å². The lowest BCUT2D eigenvalue weighted by Crippen LogP contribution is -2.30. The summed E-state index contributed by atoms with van der Waals surface area (Å²) in [4.78, 5) is 10.8. The van der Waals surface area contributed by atoms with Gasteiger partial charge in [0.15, 0.2) is 0 Å². The van der Waals surface area contributed by atoms with Crippen molar-refractivity contribution in [2.75, 3.05) is 0 Å². The zero-order valence-electron chi connectivity index (χ0n) is 7.52. The number of nitrogens with two attached hydrogens (primary N) is 1. The Labute approximate surface area is 77.4 Å². The van der Waals surface area contributed by atoms with E-state index in [1.54, 1.807) is 6.92 Å². The van der Waals surface area contributed by atoms with Crippen LogP contribution in [0.1, 0.15) is 20.3 Å². The Hall–Kier alpha value is -0.880. The summed E-state index contributed by atoms with van der Waals surface area (Å²) in [7, 11) is -4.24. The van der Waals surface area contributed by atoms with E-state index in [9.17, 15) is 13.2 Å². The van der Waals surface area contributed by atoms with Gasteiger partial charge < -0.3 is 5.73 Å². The number of allylic oxidation sites excluding steroid dienone is 1. The SMILES string of the molecule is CC=C(C(N)=O)C(CC)S(=O)(=O)O. The Morgan fingerprint density at radius 3 is 2.15 bits per heavy atom. The number of hydrogen-bond acceptors (Lipinski definition) is 3. The molecule has 0 rings (SSSR count). The Balaban J connectivity index is 5.11. The van der Waals surface area contributed by atoms with Gasteiger partial charge in [-0.05, 0) is 13.3 Å². The van der Waals surface area contributed by atoms with E-state index in [1.807, 2.05) is 0 Å². The molecule has 0 aliphatic carbocycles. The summed E-state index contributed by atoms with van der Waals surface area (Å²) in [6, 6.07) is 0. The van der Waals surface area contributed by atoms with E-state index >= 15 is 0 Å². The molecule has 0 aliphatic rings. The molecule has 1 unspecified atom stereocenters. The quantitative estimate of drug-likeness (QED) is 0.504. The molecule has 0 aliphatic heterocycles. The van der Waals surface area contributed by atoms with Crippen molar-refractivity contribution in [3.05, 3.63) is 11.6 Å². The van der Waals surface area contributed by atoms with Crippen molar-refractivity contribution < 1.29 is 17.8 Å². The molecule has 0 bridgehead atoms. The second kappa shape index (κ2) is 4.38. The number of primary amides is 1. The average molecular weight is 207 g/mol. The topological polar surface area (TPSA) is 97.5 Å². The van der Waals surface area contributed by atoms with Gasteiger partial charge in [-0.3, -0.25) is 9.35 Å². The van der Waals surface area contributed by atoms with E-state index in [1.165, 1.54) is 13.0 Å². The van der Waals surface area contributed by atoms with Crippen molar-refractivity contribution in [2.45, 2.75) is 25.5 Å². The predicted octanol–water partition coefficient (Wildman–Crippen LogP) is 0.0844. The van der Waals surface area contributed by atoms with Gasteiger partial charge in [-0.2, -0.15) is 8.42 Å². The van der Waals surface area contributed by atoms with Gasteiger partial charge in [0, 0.05) is 5.57 Å². The van der Waals surface area contributed by atoms with Crippen LogP contribution >= 0.6 is 0 Å². The predicted molar refractivity (Wildman–Crippen MR) is 48.6 cm³/mol.